The van der Waals surface area contributed by atoms with Gasteiger partial charge in [-0.2, -0.15) is 0 Å². The molecule has 0 radical (unpaired) electrons. The molecule has 2 aromatic rings. The van der Waals surface area contributed by atoms with E-state index in [1.54, 1.807) is 6.07 Å². The quantitative estimate of drug-likeness (QED) is 0.710. The Morgan fingerprint density at radius 3 is 2.86 bits per heavy atom. The Kier molecular flexibility index (Phi) is 7.18. The third-order valence-electron chi connectivity index (χ3n) is 5.20. The molecule has 1 amide bonds. The lowest BCUT2D eigenvalue weighted by Gasteiger charge is -2.32. The maximum absolute atomic E-state index is 15.0. The van der Waals surface area contributed by atoms with E-state index in [-0.39, 0.29) is 23.7 Å². The third kappa shape index (κ3) is 5.18. The number of carbonyl (C=O) groups excluding carboxylic acids is 1. The normalized spacial score (nSPS) is 17.9. The van der Waals surface area contributed by atoms with Gasteiger partial charge in [0.25, 0.3) is 0 Å². The van der Waals surface area contributed by atoms with Gasteiger partial charge in [0.15, 0.2) is 0 Å². The molecule has 0 bridgehead atoms. The first-order valence-corrected chi connectivity index (χ1v) is 9.98. The Bertz CT molecular complexity index is 803. The number of amides is 1. The number of hydrogen-bond acceptors (Lipinski definition) is 3. The number of piperidine rings is 1. The van der Waals surface area contributed by atoms with Crippen LogP contribution in [0, 0.1) is 18.7 Å². The van der Waals surface area contributed by atoms with Crippen LogP contribution in [0.3, 0.4) is 0 Å². The van der Waals surface area contributed by atoms with Crippen molar-refractivity contribution >= 4 is 5.91 Å². The third-order valence-corrected chi connectivity index (χ3v) is 5.20. The summed E-state index contributed by atoms with van der Waals surface area (Å²) in [6.07, 6.45) is 1.88. The SMILES string of the molecule is CC(=O)NCCO[C@@H](c1cccc(F)c1-c1cccc(C)c1)C1CCCNC1. The van der Waals surface area contributed by atoms with E-state index in [2.05, 4.69) is 10.6 Å². The zero-order valence-electron chi connectivity index (χ0n) is 16.6. The molecule has 1 saturated heterocycles. The van der Waals surface area contributed by atoms with Gasteiger partial charge in [-0.05, 0) is 43.5 Å². The Hall–Kier alpha value is -2.24. The molecule has 0 spiro atoms. The lowest BCUT2D eigenvalue weighted by molar-refractivity contribution is -0.119. The maximum Gasteiger partial charge on any atom is 0.216 e. The van der Waals surface area contributed by atoms with Crippen LogP contribution >= 0.6 is 0 Å². The molecule has 4 nitrogen and oxygen atoms in total. The Morgan fingerprint density at radius 2 is 2.14 bits per heavy atom. The van der Waals surface area contributed by atoms with Gasteiger partial charge in [-0.3, -0.25) is 4.79 Å². The summed E-state index contributed by atoms with van der Waals surface area (Å²) < 4.78 is 21.2. The van der Waals surface area contributed by atoms with E-state index >= 15 is 0 Å². The summed E-state index contributed by atoms with van der Waals surface area (Å²) in [5, 5.41) is 6.20. The molecule has 28 heavy (non-hydrogen) atoms. The number of nitrogens with one attached hydrogen (secondary N) is 2. The van der Waals surface area contributed by atoms with Gasteiger partial charge in [-0.25, -0.2) is 4.39 Å². The molecular weight excluding hydrogens is 355 g/mol. The van der Waals surface area contributed by atoms with Crippen molar-refractivity contribution in [2.75, 3.05) is 26.2 Å². The molecule has 2 atom stereocenters. The first kappa shape index (κ1) is 20.5. The largest absolute Gasteiger partial charge is 0.371 e. The Balaban J connectivity index is 1.94. The average molecular weight is 384 g/mol. The van der Waals surface area contributed by atoms with Crippen molar-refractivity contribution in [3.05, 3.63) is 59.4 Å². The number of benzene rings is 2. The number of rotatable bonds is 7. The molecule has 2 aromatic carbocycles. The molecule has 5 heteroatoms. The average Bonchev–Trinajstić information content (AvgIpc) is 2.68. The Labute approximate surface area is 166 Å². The van der Waals surface area contributed by atoms with Crippen molar-refractivity contribution in [2.45, 2.75) is 32.8 Å². The molecule has 2 N–H and O–H groups in total. The smallest absolute Gasteiger partial charge is 0.216 e. The summed E-state index contributed by atoms with van der Waals surface area (Å²) in [6, 6.07) is 13.2. The van der Waals surface area contributed by atoms with Crippen molar-refractivity contribution in [1.29, 1.82) is 0 Å². The highest BCUT2D eigenvalue weighted by atomic mass is 19.1. The van der Waals surface area contributed by atoms with Gasteiger partial charge >= 0.3 is 0 Å². The van der Waals surface area contributed by atoms with Crippen LogP contribution < -0.4 is 10.6 Å². The van der Waals surface area contributed by atoms with E-state index in [4.69, 9.17) is 4.74 Å². The molecule has 3 rings (SSSR count). The summed E-state index contributed by atoms with van der Waals surface area (Å²) in [5.41, 5.74) is 3.45. The minimum absolute atomic E-state index is 0.0781. The topological polar surface area (TPSA) is 50.4 Å². The standard InChI is InChI=1S/C23H29FN2O2/c1-16-6-3-7-18(14-16)22-20(9-4-10-21(22)24)23(19-8-5-11-25-15-19)28-13-12-26-17(2)27/h3-4,6-7,9-10,14,19,23,25H,5,8,11-13,15H2,1-2H3,(H,26,27)/t19?,23-/m1/s1. The predicted octanol–water partition coefficient (Wildman–Crippen LogP) is 3.99. The second-order valence-corrected chi connectivity index (χ2v) is 7.45. The Morgan fingerprint density at radius 1 is 1.32 bits per heavy atom. The fraction of sp³-hybridized carbons (Fsp3) is 0.435. The monoisotopic (exact) mass is 384 g/mol. The maximum atomic E-state index is 15.0. The first-order chi connectivity index (χ1) is 13.6. The van der Waals surface area contributed by atoms with Gasteiger partial charge in [-0.1, -0.05) is 42.0 Å². The van der Waals surface area contributed by atoms with Crippen LogP contribution in [0.15, 0.2) is 42.5 Å². The highest BCUT2D eigenvalue weighted by Crippen LogP contribution is 2.38. The molecule has 1 unspecified atom stereocenters. The van der Waals surface area contributed by atoms with Gasteiger partial charge in [0.05, 0.1) is 12.7 Å². The van der Waals surface area contributed by atoms with E-state index in [1.165, 1.54) is 13.0 Å². The molecule has 1 aliphatic rings. The van der Waals surface area contributed by atoms with Crippen LogP contribution in [0.1, 0.15) is 37.0 Å². The number of halogens is 1. The zero-order chi connectivity index (χ0) is 19.9. The molecule has 1 aliphatic heterocycles. The lowest BCUT2D eigenvalue weighted by atomic mass is 9.85. The highest BCUT2D eigenvalue weighted by Gasteiger charge is 2.29. The van der Waals surface area contributed by atoms with E-state index < -0.39 is 0 Å². The summed E-state index contributed by atoms with van der Waals surface area (Å²) in [7, 11) is 0. The van der Waals surface area contributed by atoms with E-state index in [0.717, 1.165) is 42.6 Å². The van der Waals surface area contributed by atoms with Gasteiger partial charge in [0, 0.05) is 31.5 Å². The molecule has 1 heterocycles. The van der Waals surface area contributed by atoms with Crippen LogP contribution in [0.4, 0.5) is 4.39 Å². The molecule has 1 fully saturated rings. The molecule has 150 valence electrons. The van der Waals surface area contributed by atoms with Crippen LogP contribution in [0.25, 0.3) is 11.1 Å². The van der Waals surface area contributed by atoms with Crippen LogP contribution in [-0.2, 0) is 9.53 Å². The van der Waals surface area contributed by atoms with Crippen molar-refractivity contribution in [3.8, 4) is 11.1 Å². The molecule has 0 aliphatic carbocycles. The van der Waals surface area contributed by atoms with E-state index in [9.17, 15) is 9.18 Å². The summed E-state index contributed by atoms with van der Waals surface area (Å²) in [6.45, 7) is 6.19. The number of hydrogen-bond donors (Lipinski definition) is 2. The van der Waals surface area contributed by atoms with E-state index in [0.29, 0.717) is 18.7 Å². The van der Waals surface area contributed by atoms with Crippen molar-refractivity contribution < 1.29 is 13.9 Å². The predicted molar refractivity (Wildman–Crippen MR) is 110 cm³/mol. The lowest BCUT2D eigenvalue weighted by Crippen LogP contribution is -2.35. The zero-order valence-corrected chi connectivity index (χ0v) is 16.6. The number of aryl methyl sites for hydroxylation is 1. The fourth-order valence-corrected chi connectivity index (χ4v) is 3.91. The minimum Gasteiger partial charge on any atom is -0.371 e. The summed E-state index contributed by atoms with van der Waals surface area (Å²) in [4.78, 5) is 11.1. The number of ether oxygens (including phenoxy) is 1. The molecule has 0 saturated carbocycles. The van der Waals surface area contributed by atoms with Crippen LogP contribution in [0.2, 0.25) is 0 Å². The minimum atomic E-state index is -0.234. The van der Waals surface area contributed by atoms with E-state index in [1.807, 2.05) is 37.3 Å². The summed E-state index contributed by atoms with van der Waals surface area (Å²) in [5.74, 6) is -0.0514. The first-order valence-electron chi connectivity index (χ1n) is 9.98. The van der Waals surface area contributed by atoms with Gasteiger partial charge in [-0.15, -0.1) is 0 Å². The summed E-state index contributed by atoms with van der Waals surface area (Å²) >= 11 is 0. The second-order valence-electron chi connectivity index (χ2n) is 7.45. The van der Waals surface area contributed by atoms with Crippen LogP contribution in [-0.4, -0.2) is 32.1 Å². The second kappa shape index (κ2) is 9.80. The van der Waals surface area contributed by atoms with Gasteiger partial charge < -0.3 is 15.4 Å². The molecular formula is C23H29FN2O2. The van der Waals surface area contributed by atoms with Crippen molar-refractivity contribution in [2.24, 2.45) is 5.92 Å². The molecule has 0 aromatic heterocycles. The van der Waals surface area contributed by atoms with Crippen molar-refractivity contribution in [1.82, 2.24) is 10.6 Å². The number of carbonyl (C=O) groups is 1. The van der Waals surface area contributed by atoms with Gasteiger partial charge in [0.1, 0.15) is 5.82 Å². The van der Waals surface area contributed by atoms with Gasteiger partial charge in [0.2, 0.25) is 5.91 Å². The highest BCUT2D eigenvalue weighted by molar-refractivity contribution is 5.72. The van der Waals surface area contributed by atoms with Crippen LogP contribution in [0.5, 0.6) is 0 Å². The fourth-order valence-electron chi connectivity index (χ4n) is 3.91. The van der Waals surface area contributed by atoms with Crippen molar-refractivity contribution in [3.63, 3.8) is 0 Å².